The molecular formula is C14H14N4O2. The van der Waals surface area contributed by atoms with E-state index in [0.717, 1.165) is 5.69 Å². The molecule has 0 saturated heterocycles. The van der Waals surface area contributed by atoms with Crippen molar-refractivity contribution in [2.45, 2.75) is 6.54 Å². The van der Waals surface area contributed by atoms with Gasteiger partial charge >= 0.3 is 6.03 Å². The fourth-order valence-corrected chi connectivity index (χ4v) is 1.66. The highest BCUT2D eigenvalue weighted by molar-refractivity contribution is 5.96. The molecule has 1 aromatic heterocycles. The molecule has 0 bridgehead atoms. The number of anilines is 1. The Morgan fingerprint density at radius 3 is 2.70 bits per heavy atom. The van der Waals surface area contributed by atoms with E-state index >= 15 is 0 Å². The molecule has 2 aromatic rings. The molecule has 0 atom stereocenters. The van der Waals surface area contributed by atoms with Crippen LogP contribution in [0.5, 0.6) is 0 Å². The van der Waals surface area contributed by atoms with Crippen LogP contribution in [-0.4, -0.2) is 16.9 Å². The third kappa shape index (κ3) is 3.81. The minimum absolute atomic E-state index is 0.247. The molecule has 0 aliphatic heterocycles. The fraction of sp³-hybridized carbons (Fsp3) is 0.0714. The van der Waals surface area contributed by atoms with Gasteiger partial charge in [-0.05, 0) is 30.3 Å². The van der Waals surface area contributed by atoms with Gasteiger partial charge in [-0.1, -0.05) is 12.1 Å². The van der Waals surface area contributed by atoms with Crippen LogP contribution in [-0.2, 0) is 6.54 Å². The number of carbonyl (C=O) groups is 2. The van der Waals surface area contributed by atoms with Gasteiger partial charge in [-0.15, -0.1) is 0 Å². The zero-order chi connectivity index (χ0) is 14.4. The van der Waals surface area contributed by atoms with E-state index in [9.17, 15) is 9.59 Å². The average molecular weight is 270 g/mol. The highest BCUT2D eigenvalue weighted by atomic mass is 16.2. The maximum Gasteiger partial charge on any atom is 0.316 e. The summed E-state index contributed by atoms with van der Waals surface area (Å²) in [5.74, 6) is -0.247. The van der Waals surface area contributed by atoms with Gasteiger partial charge in [-0.25, -0.2) is 4.79 Å². The second kappa shape index (κ2) is 6.33. The summed E-state index contributed by atoms with van der Waals surface area (Å²) >= 11 is 0. The zero-order valence-corrected chi connectivity index (χ0v) is 10.7. The third-order valence-electron chi connectivity index (χ3n) is 2.55. The zero-order valence-electron chi connectivity index (χ0n) is 10.7. The maximum atomic E-state index is 12.0. The van der Waals surface area contributed by atoms with Crippen LogP contribution in [0.25, 0.3) is 0 Å². The van der Waals surface area contributed by atoms with Crippen LogP contribution < -0.4 is 16.4 Å². The molecule has 3 amide bonds. The van der Waals surface area contributed by atoms with E-state index in [1.165, 1.54) is 0 Å². The Morgan fingerprint density at radius 2 is 2.00 bits per heavy atom. The van der Waals surface area contributed by atoms with E-state index in [4.69, 9.17) is 5.73 Å². The van der Waals surface area contributed by atoms with Crippen LogP contribution >= 0.6 is 0 Å². The van der Waals surface area contributed by atoms with Gasteiger partial charge in [-0.2, -0.15) is 0 Å². The van der Waals surface area contributed by atoms with Crippen LogP contribution in [0.2, 0.25) is 0 Å². The number of nitrogens with two attached hydrogens (primary N) is 1. The van der Waals surface area contributed by atoms with Crippen molar-refractivity contribution in [3.63, 3.8) is 0 Å². The third-order valence-corrected chi connectivity index (χ3v) is 2.55. The Labute approximate surface area is 116 Å². The van der Waals surface area contributed by atoms with Crippen molar-refractivity contribution in [3.8, 4) is 0 Å². The molecule has 0 saturated carbocycles. The first-order valence-corrected chi connectivity index (χ1v) is 6.00. The summed E-state index contributed by atoms with van der Waals surface area (Å²) in [5, 5.41) is 5.17. The average Bonchev–Trinajstić information content (AvgIpc) is 2.45. The minimum atomic E-state index is -0.670. The van der Waals surface area contributed by atoms with Crippen molar-refractivity contribution < 1.29 is 9.59 Å². The lowest BCUT2D eigenvalue weighted by Crippen LogP contribution is -2.24. The normalized spacial score (nSPS) is 9.80. The number of amides is 3. The van der Waals surface area contributed by atoms with Crippen LogP contribution in [0.3, 0.4) is 0 Å². The van der Waals surface area contributed by atoms with Gasteiger partial charge in [-0.3, -0.25) is 9.78 Å². The number of nitrogens with zero attached hydrogens (tertiary/aromatic N) is 1. The number of nitrogens with one attached hydrogen (secondary N) is 2. The Hall–Kier alpha value is -2.89. The number of hydrogen-bond acceptors (Lipinski definition) is 3. The van der Waals surface area contributed by atoms with Crippen molar-refractivity contribution >= 4 is 17.6 Å². The summed E-state index contributed by atoms with van der Waals surface area (Å²) < 4.78 is 0. The monoisotopic (exact) mass is 270 g/mol. The number of aromatic nitrogens is 1. The Balaban J connectivity index is 2.00. The smallest absolute Gasteiger partial charge is 0.316 e. The second-order valence-corrected chi connectivity index (χ2v) is 4.07. The molecule has 0 radical (unpaired) electrons. The van der Waals surface area contributed by atoms with Gasteiger partial charge in [0.25, 0.3) is 5.91 Å². The molecule has 2 rings (SSSR count). The van der Waals surface area contributed by atoms with E-state index < -0.39 is 6.03 Å². The summed E-state index contributed by atoms with van der Waals surface area (Å²) in [7, 11) is 0. The Bertz CT molecular complexity index is 614. The lowest BCUT2D eigenvalue weighted by molar-refractivity contribution is 0.0950. The lowest BCUT2D eigenvalue weighted by atomic mass is 10.2. The number of urea groups is 1. The molecule has 0 unspecified atom stereocenters. The molecule has 0 aliphatic carbocycles. The number of primary amides is 1. The second-order valence-electron chi connectivity index (χ2n) is 4.07. The summed E-state index contributed by atoms with van der Waals surface area (Å²) in [5.41, 5.74) is 6.71. The van der Waals surface area contributed by atoms with E-state index in [0.29, 0.717) is 17.8 Å². The first kappa shape index (κ1) is 13.5. The molecule has 6 nitrogen and oxygen atoms in total. The van der Waals surface area contributed by atoms with Gasteiger partial charge < -0.3 is 16.4 Å². The van der Waals surface area contributed by atoms with E-state index in [1.54, 1.807) is 30.5 Å². The van der Waals surface area contributed by atoms with Crippen LogP contribution in [0.4, 0.5) is 10.5 Å². The number of pyridine rings is 1. The highest BCUT2D eigenvalue weighted by Crippen LogP contribution is 2.10. The lowest BCUT2D eigenvalue weighted by Gasteiger charge is -2.07. The molecule has 20 heavy (non-hydrogen) atoms. The van der Waals surface area contributed by atoms with Crippen LogP contribution in [0.15, 0.2) is 48.7 Å². The molecule has 6 heteroatoms. The van der Waals surface area contributed by atoms with Gasteiger partial charge in [0.2, 0.25) is 0 Å². The summed E-state index contributed by atoms with van der Waals surface area (Å²) in [6.45, 7) is 0.340. The SMILES string of the molecule is NC(=O)Nc1cccc(C(=O)NCc2ccccn2)c1. The number of hydrogen-bond donors (Lipinski definition) is 3. The predicted molar refractivity (Wildman–Crippen MR) is 75.1 cm³/mol. The molecule has 102 valence electrons. The summed E-state index contributed by atoms with van der Waals surface area (Å²) in [6, 6.07) is 11.3. The van der Waals surface area contributed by atoms with Gasteiger partial charge in [0, 0.05) is 17.4 Å². The highest BCUT2D eigenvalue weighted by Gasteiger charge is 2.06. The maximum absolute atomic E-state index is 12.0. The molecule has 0 aliphatic rings. The predicted octanol–water partition coefficient (Wildman–Crippen LogP) is 1.50. The first-order chi connectivity index (χ1) is 9.65. The molecule has 0 spiro atoms. The molecule has 4 N–H and O–H groups in total. The first-order valence-electron chi connectivity index (χ1n) is 6.00. The minimum Gasteiger partial charge on any atom is -0.351 e. The van der Waals surface area contributed by atoms with Crippen molar-refractivity contribution in [1.29, 1.82) is 0 Å². The Kier molecular flexibility index (Phi) is 4.28. The Morgan fingerprint density at radius 1 is 1.15 bits per heavy atom. The van der Waals surface area contributed by atoms with E-state index in [-0.39, 0.29) is 5.91 Å². The number of carbonyl (C=O) groups excluding carboxylic acids is 2. The molecule has 1 heterocycles. The van der Waals surface area contributed by atoms with Crippen molar-refractivity contribution in [3.05, 3.63) is 59.9 Å². The molecule has 0 fully saturated rings. The number of benzene rings is 1. The van der Waals surface area contributed by atoms with Gasteiger partial charge in [0.1, 0.15) is 0 Å². The standard InChI is InChI=1S/C14H14N4O2/c15-14(20)18-11-6-3-4-10(8-11)13(19)17-9-12-5-1-2-7-16-12/h1-8H,9H2,(H,17,19)(H3,15,18,20). The van der Waals surface area contributed by atoms with Gasteiger partial charge in [0.15, 0.2) is 0 Å². The van der Waals surface area contributed by atoms with E-state index in [1.807, 2.05) is 18.2 Å². The summed E-state index contributed by atoms with van der Waals surface area (Å²) in [4.78, 5) is 26.8. The van der Waals surface area contributed by atoms with Crippen molar-refractivity contribution in [2.75, 3.05) is 5.32 Å². The quantitative estimate of drug-likeness (QED) is 0.785. The summed E-state index contributed by atoms with van der Waals surface area (Å²) in [6.07, 6.45) is 1.67. The van der Waals surface area contributed by atoms with Crippen LogP contribution in [0, 0.1) is 0 Å². The van der Waals surface area contributed by atoms with Crippen molar-refractivity contribution in [2.24, 2.45) is 5.73 Å². The molecular weight excluding hydrogens is 256 g/mol. The number of rotatable bonds is 4. The fourth-order valence-electron chi connectivity index (χ4n) is 1.66. The van der Waals surface area contributed by atoms with Crippen LogP contribution in [0.1, 0.15) is 16.1 Å². The van der Waals surface area contributed by atoms with E-state index in [2.05, 4.69) is 15.6 Å². The largest absolute Gasteiger partial charge is 0.351 e. The van der Waals surface area contributed by atoms with Crippen molar-refractivity contribution in [1.82, 2.24) is 10.3 Å². The van der Waals surface area contributed by atoms with Gasteiger partial charge in [0.05, 0.1) is 12.2 Å². The molecule has 1 aromatic carbocycles. The topological polar surface area (TPSA) is 97.1 Å².